The predicted octanol–water partition coefficient (Wildman–Crippen LogP) is 5.26. The smallest absolute Gasteiger partial charge is 0.261 e. The van der Waals surface area contributed by atoms with E-state index in [-0.39, 0.29) is 47.4 Å². The number of halogens is 1. The molecule has 11 nitrogen and oxygen atoms in total. The molecule has 0 radical (unpaired) electrons. The molecule has 0 unspecified atom stereocenters. The maximum atomic E-state index is 13.6. The molecule has 0 aliphatic carbocycles. The van der Waals surface area contributed by atoms with Gasteiger partial charge < -0.3 is 25.8 Å². The largest absolute Gasteiger partial charge is 0.488 e. The quantitative estimate of drug-likeness (QED) is 0.153. The van der Waals surface area contributed by atoms with Crippen molar-refractivity contribution in [1.29, 1.82) is 0 Å². The van der Waals surface area contributed by atoms with Crippen LogP contribution in [0.15, 0.2) is 95.9 Å². The zero-order valence-electron chi connectivity index (χ0n) is 28.2. The first-order chi connectivity index (χ1) is 23.8. The maximum absolute atomic E-state index is 13.6. The number of likely N-dealkylation sites (N-methyl/N-ethyl adjacent to an activating group) is 1. The van der Waals surface area contributed by atoms with Gasteiger partial charge in [0.25, 0.3) is 15.9 Å². The molecule has 0 spiro atoms. The van der Waals surface area contributed by atoms with Gasteiger partial charge in [0.15, 0.2) is 0 Å². The summed E-state index contributed by atoms with van der Waals surface area (Å²) in [6.07, 6.45) is -0.404. The van der Waals surface area contributed by atoms with E-state index >= 15 is 0 Å². The van der Waals surface area contributed by atoms with E-state index in [9.17, 15) is 23.1 Å². The lowest BCUT2D eigenvalue weighted by molar-refractivity contribution is -0.134. The van der Waals surface area contributed by atoms with Gasteiger partial charge in [-0.15, -0.1) is 0 Å². The Hall–Kier alpha value is -4.62. The molecule has 2 amide bonds. The number of fused-ring (bicyclic) bond motifs is 1. The van der Waals surface area contributed by atoms with Gasteiger partial charge in [0, 0.05) is 47.4 Å². The second kappa shape index (κ2) is 15.9. The maximum Gasteiger partial charge on any atom is 0.261 e. The number of carbonyl (C=O) groups excluding carboxylic acids is 2. The van der Waals surface area contributed by atoms with Crippen LogP contribution in [0.25, 0.3) is 0 Å². The number of para-hydroxylation sites is 2. The Morgan fingerprint density at radius 1 is 1.08 bits per heavy atom. The summed E-state index contributed by atoms with van der Waals surface area (Å²) in [5.41, 5.74) is 9.30. The van der Waals surface area contributed by atoms with E-state index in [0.717, 1.165) is 5.56 Å². The summed E-state index contributed by atoms with van der Waals surface area (Å²) in [5.74, 6) is -0.104. The van der Waals surface area contributed by atoms with E-state index in [4.69, 9.17) is 22.1 Å². The molecule has 4 aromatic carbocycles. The zero-order valence-corrected chi connectivity index (χ0v) is 29.7. The minimum atomic E-state index is -3.92. The number of anilines is 3. The van der Waals surface area contributed by atoms with Crippen molar-refractivity contribution < 1.29 is 27.9 Å². The fourth-order valence-electron chi connectivity index (χ4n) is 5.79. The average Bonchev–Trinajstić information content (AvgIpc) is 3.12. The lowest BCUT2D eigenvalue weighted by atomic mass is 10.0. The first-order valence-electron chi connectivity index (χ1n) is 16.2. The van der Waals surface area contributed by atoms with E-state index in [1.165, 1.54) is 24.3 Å². The molecule has 0 aromatic heterocycles. The van der Waals surface area contributed by atoms with Crippen LogP contribution >= 0.6 is 11.6 Å². The van der Waals surface area contributed by atoms with Crippen LogP contribution in [0, 0.1) is 5.92 Å². The molecule has 1 aliphatic rings. The average molecular weight is 720 g/mol. The third kappa shape index (κ3) is 9.13. The monoisotopic (exact) mass is 719 g/mol. The van der Waals surface area contributed by atoms with E-state index < -0.39 is 16.1 Å². The molecule has 264 valence electrons. The van der Waals surface area contributed by atoms with Gasteiger partial charge in [0.2, 0.25) is 5.91 Å². The molecule has 0 saturated carbocycles. The number of hydrogen-bond donors (Lipinski definition) is 4. The molecule has 1 heterocycles. The lowest BCUT2D eigenvalue weighted by Gasteiger charge is -2.34. The third-order valence-electron chi connectivity index (χ3n) is 8.66. The minimum Gasteiger partial charge on any atom is -0.488 e. The Morgan fingerprint density at radius 3 is 2.46 bits per heavy atom. The van der Waals surface area contributed by atoms with E-state index in [2.05, 4.69) is 14.9 Å². The van der Waals surface area contributed by atoms with Gasteiger partial charge in [-0.3, -0.25) is 19.2 Å². The second-order valence-corrected chi connectivity index (χ2v) is 14.8. The van der Waals surface area contributed by atoms with Crippen LogP contribution < -0.4 is 20.5 Å². The van der Waals surface area contributed by atoms with Gasteiger partial charge in [-0.05, 0) is 86.3 Å². The Balaban J connectivity index is 1.33. The minimum absolute atomic E-state index is 0.0394. The molecular weight excluding hydrogens is 678 g/mol. The van der Waals surface area contributed by atoms with Crippen LogP contribution in [0.4, 0.5) is 17.1 Å². The standard InChI is InChI=1S/C37H42ClN5O6S/c1-24-20-43(25(2)23-44)36(45)19-28-18-30(41-50(47,48)31-15-12-29(38)13-16-31)14-17-34(28)49-35(24)22-42(3)21-26-8-10-27(11-9-26)37(46)40-33-7-5-4-6-32(33)39/h4-18,24-25,35,41,44H,19-23,39H2,1-3H3,(H,40,46)/t24-,25-,35-/m0/s1. The predicted molar refractivity (Wildman–Crippen MR) is 196 cm³/mol. The van der Waals surface area contributed by atoms with Crippen LogP contribution in [-0.2, 0) is 27.8 Å². The van der Waals surface area contributed by atoms with Crippen LogP contribution in [0.2, 0.25) is 5.02 Å². The number of hydrogen-bond acceptors (Lipinski definition) is 8. The molecule has 4 aromatic rings. The topological polar surface area (TPSA) is 154 Å². The number of rotatable bonds is 11. The Morgan fingerprint density at radius 2 is 1.78 bits per heavy atom. The Bertz CT molecular complexity index is 1920. The summed E-state index contributed by atoms with van der Waals surface area (Å²) in [6, 6.07) is 24.7. The first-order valence-corrected chi connectivity index (χ1v) is 18.1. The highest BCUT2D eigenvalue weighted by atomic mass is 35.5. The van der Waals surface area contributed by atoms with Gasteiger partial charge in [-0.1, -0.05) is 42.8 Å². The molecule has 3 atom stereocenters. The van der Waals surface area contributed by atoms with Gasteiger partial charge in [0.05, 0.1) is 35.3 Å². The van der Waals surface area contributed by atoms with Crippen molar-refractivity contribution in [3.8, 4) is 5.75 Å². The first kappa shape index (κ1) is 36.7. The number of carbonyl (C=O) groups is 2. The second-order valence-electron chi connectivity index (χ2n) is 12.7. The molecule has 5 N–H and O–H groups in total. The fraction of sp³-hybridized carbons (Fsp3) is 0.297. The number of amides is 2. The normalized spacial score (nSPS) is 17.2. The molecule has 13 heteroatoms. The number of ether oxygens (including phenoxy) is 1. The van der Waals surface area contributed by atoms with Crippen LogP contribution in [0.1, 0.15) is 35.3 Å². The van der Waals surface area contributed by atoms with Gasteiger partial charge in [0.1, 0.15) is 11.9 Å². The van der Waals surface area contributed by atoms with Crippen molar-refractivity contribution in [3.05, 3.63) is 113 Å². The van der Waals surface area contributed by atoms with Gasteiger partial charge in [-0.2, -0.15) is 0 Å². The number of benzene rings is 4. The molecule has 0 bridgehead atoms. The highest BCUT2D eigenvalue weighted by molar-refractivity contribution is 7.92. The molecule has 5 rings (SSSR count). The highest BCUT2D eigenvalue weighted by Gasteiger charge is 2.31. The summed E-state index contributed by atoms with van der Waals surface area (Å²) in [7, 11) is -1.95. The number of nitrogens with two attached hydrogens (primary N) is 1. The van der Waals surface area contributed by atoms with Crippen LogP contribution in [-0.4, -0.2) is 74.0 Å². The number of nitrogens with zero attached hydrogens (tertiary/aromatic N) is 2. The van der Waals surface area contributed by atoms with E-state index in [0.29, 0.717) is 52.9 Å². The Labute approximate surface area is 298 Å². The number of aliphatic hydroxyl groups is 1. The SMILES string of the molecule is C[C@H]1CN([C@@H](C)CO)C(=O)Cc2cc(NS(=O)(=O)c3ccc(Cl)cc3)ccc2O[C@H]1CN(C)Cc1ccc(C(=O)Nc2ccccc2N)cc1. The van der Waals surface area contributed by atoms with Crippen molar-refractivity contribution in [2.75, 3.05) is 42.5 Å². The van der Waals surface area contributed by atoms with E-state index in [1.807, 2.05) is 26.1 Å². The molecule has 0 fully saturated rings. The Kier molecular flexibility index (Phi) is 11.7. The summed E-state index contributed by atoms with van der Waals surface area (Å²) in [6.45, 7) is 5.02. The molecule has 0 saturated heterocycles. The summed E-state index contributed by atoms with van der Waals surface area (Å²) in [4.78, 5) is 30.2. The van der Waals surface area contributed by atoms with Crippen molar-refractivity contribution >= 4 is 50.5 Å². The number of nitrogen functional groups attached to an aromatic ring is 1. The van der Waals surface area contributed by atoms with Crippen molar-refractivity contribution in [2.45, 2.75) is 43.9 Å². The van der Waals surface area contributed by atoms with Gasteiger partial charge >= 0.3 is 0 Å². The molecular formula is C37H42ClN5O6S. The number of aliphatic hydroxyl groups excluding tert-OH is 1. The van der Waals surface area contributed by atoms with Crippen LogP contribution in [0.5, 0.6) is 5.75 Å². The van der Waals surface area contributed by atoms with Gasteiger partial charge in [-0.25, -0.2) is 8.42 Å². The fourth-order valence-corrected chi connectivity index (χ4v) is 6.96. The van der Waals surface area contributed by atoms with Crippen molar-refractivity contribution in [3.63, 3.8) is 0 Å². The zero-order chi connectivity index (χ0) is 36.0. The van der Waals surface area contributed by atoms with Crippen molar-refractivity contribution in [2.24, 2.45) is 5.92 Å². The summed E-state index contributed by atoms with van der Waals surface area (Å²) < 4.78 is 35.4. The number of sulfonamides is 1. The van der Waals surface area contributed by atoms with Crippen molar-refractivity contribution in [1.82, 2.24) is 9.80 Å². The summed E-state index contributed by atoms with van der Waals surface area (Å²) in [5, 5.41) is 13.2. The lowest BCUT2D eigenvalue weighted by Crippen LogP contribution is -2.47. The van der Waals surface area contributed by atoms with E-state index in [1.54, 1.807) is 66.4 Å². The molecule has 1 aliphatic heterocycles. The third-order valence-corrected chi connectivity index (χ3v) is 10.3. The van der Waals surface area contributed by atoms with Crippen LogP contribution in [0.3, 0.4) is 0 Å². The summed E-state index contributed by atoms with van der Waals surface area (Å²) >= 11 is 5.94. The number of nitrogens with one attached hydrogen (secondary N) is 2. The highest BCUT2D eigenvalue weighted by Crippen LogP contribution is 2.30. The molecule has 50 heavy (non-hydrogen) atoms.